The maximum atomic E-state index is 13.2. The van der Waals surface area contributed by atoms with Gasteiger partial charge in [-0.05, 0) is 59.5 Å². The van der Waals surface area contributed by atoms with Crippen molar-refractivity contribution in [3.05, 3.63) is 60.4 Å². The van der Waals surface area contributed by atoms with E-state index in [1.165, 1.54) is 18.2 Å². The molecule has 3 rings (SSSR count). The molecule has 0 aliphatic heterocycles. The zero-order chi connectivity index (χ0) is 18.0. The molecule has 0 fully saturated rings. The van der Waals surface area contributed by atoms with Gasteiger partial charge in [0.25, 0.3) is 0 Å². The summed E-state index contributed by atoms with van der Waals surface area (Å²) in [5.74, 6) is -0.380. The summed E-state index contributed by atoms with van der Waals surface area (Å²) in [7, 11) is 0. The number of hydrogen-bond acceptors (Lipinski definition) is 3. The third kappa shape index (κ3) is 4.59. The number of halogens is 4. The first-order chi connectivity index (χ1) is 11.9. The Morgan fingerprint density at radius 3 is 2.04 bits per heavy atom. The highest BCUT2D eigenvalue weighted by Crippen LogP contribution is 2.47. The molecule has 130 valence electrons. The minimum absolute atomic E-state index is 0.124. The van der Waals surface area contributed by atoms with Crippen LogP contribution in [0.5, 0.6) is 0 Å². The average molecular weight is 400 g/mol. The molecule has 0 spiro atoms. The Balaban J connectivity index is 2.08. The van der Waals surface area contributed by atoms with Crippen LogP contribution in [0.3, 0.4) is 0 Å². The van der Waals surface area contributed by atoms with Crippen LogP contribution >= 0.6 is 34.9 Å². The fourth-order valence-corrected chi connectivity index (χ4v) is 4.77. The van der Waals surface area contributed by atoms with E-state index in [2.05, 4.69) is 0 Å². The van der Waals surface area contributed by atoms with Gasteiger partial charge in [-0.3, -0.25) is 0 Å². The van der Waals surface area contributed by atoms with Crippen molar-refractivity contribution in [2.45, 2.75) is 14.6 Å². The Bertz CT molecular complexity index is 850. The molecule has 0 saturated heterocycles. The average Bonchev–Trinajstić information content (AvgIpc) is 2.97. The highest BCUT2D eigenvalue weighted by atomic mass is 32.2. The van der Waals surface area contributed by atoms with Crippen LogP contribution in [0.2, 0.25) is 0 Å². The first kappa shape index (κ1) is 18.4. The molecule has 3 aromatic rings. The summed E-state index contributed by atoms with van der Waals surface area (Å²) in [6, 6.07) is 15.0. The maximum absolute atomic E-state index is 13.2. The highest BCUT2D eigenvalue weighted by Gasteiger charge is 2.31. The van der Waals surface area contributed by atoms with Gasteiger partial charge in [-0.25, -0.2) is 4.39 Å². The summed E-state index contributed by atoms with van der Waals surface area (Å²) >= 11 is 2.57. The minimum Gasteiger partial charge on any atom is -0.207 e. The van der Waals surface area contributed by atoms with Gasteiger partial charge in [0, 0.05) is 15.3 Å². The van der Waals surface area contributed by atoms with Gasteiger partial charge in [-0.15, -0.1) is 23.1 Å². The fraction of sp³-hybridized carbons (Fsp3) is 0.111. The molecule has 0 radical (unpaired) electrons. The van der Waals surface area contributed by atoms with Crippen molar-refractivity contribution in [1.29, 1.82) is 0 Å². The fourth-order valence-electron chi connectivity index (χ4n) is 2.33. The van der Waals surface area contributed by atoms with Crippen molar-refractivity contribution in [1.82, 2.24) is 0 Å². The molecule has 1 aromatic heterocycles. The lowest BCUT2D eigenvalue weighted by Crippen LogP contribution is -1.97. The van der Waals surface area contributed by atoms with Crippen molar-refractivity contribution in [3.8, 4) is 21.6 Å². The molecule has 0 aliphatic carbocycles. The summed E-state index contributed by atoms with van der Waals surface area (Å²) in [5, 5.41) is 0. The van der Waals surface area contributed by atoms with Gasteiger partial charge in [-0.2, -0.15) is 13.2 Å². The van der Waals surface area contributed by atoms with Crippen molar-refractivity contribution in [2.75, 3.05) is 6.26 Å². The highest BCUT2D eigenvalue weighted by molar-refractivity contribution is 8.02. The van der Waals surface area contributed by atoms with Crippen molar-refractivity contribution >= 4 is 34.9 Å². The molecule has 0 amide bonds. The number of alkyl halides is 3. The van der Waals surface area contributed by atoms with E-state index >= 15 is 0 Å². The van der Waals surface area contributed by atoms with Gasteiger partial charge >= 0.3 is 5.51 Å². The van der Waals surface area contributed by atoms with E-state index in [4.69, 9.17) is 0 Å². The second kappa shape index (κ2) is 7.43. The minimum atomic E-state index is -4.34. The lowest BCUT2D eigenvalue weighted by molar-refractivity contribution is -0.0326. The van der Waals surface area contributed by atoms with E-state index in [0.29, 0.717) is 11.1 Å². The molecule has 7 heteroatoms. The second-order valence-electron chi connectivity index (χ2n) is 5.09. The Morgan fingerprint density at radius 2 is 1.48 bits per heavy atom. The van der Waals surface area contributed by atoms with Crippen LogP contribution < -0.4 is 0 Å². The largest absolute Gasteiger partial charge is 0.447 e. The smallest absolute Gasteiger partial charge is 0.207 e. The van der Waals surface area contributed by atoms with Crippen LogP contribution in [0.15, 0.2) is 63.7 Å². The van der Waals surface area contributed by atoms with E-state index in [0.717, 1.165) is 26.7 Å². The van der Waals surface area contributed by atoms with Gasteiger partial charge in [-0.1, -0.05) is 24.3 Å². The van der Waals surface area contributed by atoms with Crippen molar-refractivity contribution in [2.24, 2.45) is 0 Å². The molecule has 1 heterocycles. The Morgan fingerprint density at radius 1 is 0.880 bits per heavy atom. The molecule has 0 saturated carbocycles. The van der Waals surface area contributed by atoms with Gasteiger partial charge in [0.2, 0.25) is 0 Å². The zero-order valence-corrected chi connectivity index (χ0v) is 15.4. The van der Waals surface area contributed by atoms with Gasteiger partial charge in [0.05, 0.1) is 4.21 Å². The van der Waals surface area contributed by atoms with E-state index in [-0.39, 0.29) is 21.8 Å². The standard InChI is InChI=1S/C18H12F4S3/c1-23-14-8-4-12(5-9-14)17-15(11-2-6-13(19)7-3-11)10-16(24-17)25-18(20,21)22/h2-10H,1H3. The molecule has 0 bridgehead atoms. The van der Waals surface area contributed by atoms with Crippen molar-refractivity contribution in [3.63, 3.8) is 0 Å². The lowest BCUT2D eigenvalue weighted by Gasteiger charge is -2.05. The van der Waals surface area contributed by atoms with Gasteiger partial charge in [0.1, 0.15) is 5.82 Å². The van der Waals surface area contributed by atoms with Gasteiger partial charge < -0.3 is 0 Å². The van der Waals surface area contributed by atoms with Crippen LogP contribution in [0.1, 0.15) is 0 Å². The lowest BCUT2D eigenvalue weighted by atomic mass is 10.0. The molecule has 0 nitrogen and oxygen atoms in total. The molecule has 0 N–H and O–H groups in total. The molecule has 2 aromatic carbocycles. The summed E-state index contributed by atoms with van der Waals surface area (Å²) < 4.78 is 51.6. The first-order valence-corrected chi connectivity index (χ1v) is 10.0. The normalized spacial score (nSPS) is 11.7. The van der Waals surface area contributed by atoms with Crippen LogP contribution in [-0.4, -0.2) is 11.8 Å². The zero-order valence-electron chi connectivity index (χ0n) is 12.9. The van der Waals surface area contributed by atoms with E-state index in [9.17, 15) is 17.6 Å². The maximum Gasteiger partial charge on any atom is 0.447 e. The first-order valence-electron chi connectivity index (χ1n) is 7.15. The number of benzene rings is 2. The summed E-state index contributed by atoms with van der Waals surface area (Å²) in [5.41, 5.74) is -2.13. The van der Waals surface area contributed by atoms with E-state index in [1.54, 1.807) is 23.9 Å². The molecule has 0 atom stereocenters. The topological polar surface area (TPSA) is 0 Å². The third-order valence-corrected chi connectivity index (χ3v) is 6.21. The van der Waals surface area contributed by atoms with Crippen molar-refractivity contribution < 1.29 is 17.6 Å². The van der Waals surface area contributed by atoms with Crippen LogP contribution in [0.25, 0.3) is 21.6 Å². The molecular weight excluding hydrogens is 388 g/mol. The predicted molar refractivity (Wildman–Crippen MR) is 98.8 cm³/mol. The monoisotopic (exact) mass is 400 g/mol. The molecular formula is C18H12F4S3. The SMILES string of the molecule is CSc1ccc(-c2sc(SC(F)(F)F)cc2-c2ccc(F)cc2)cc1. The molecule has 0 unspecified atom stereocenters. The second-order valence-corrected chi connectivity index (χ2v) is 8.39. The quantitative estimate of drug-likeness (QED) is 0.327. The van der Waals surface area contributed by atoms with Crippen LogP contribution in [0.4, 0.5) is 17.6 Å². The van der Waals surface area contributed by atoms with Crippen LogP contribution in [0, 0.1) is 5.82 Å². The number of hydrogen-bond donors (Lipinski definition) is 0. The third-order valence-electron chi connectivity index (χ3n) is 3.43. The Labute approximate surface area is 155 Å². The van der Waals surface area contributed by atoms with E-state index in [1.807, 2.05) is 30.5 Å². The summed E-state index contributed by atoms with van der Waals surface area (Å²) in [6.45, 7) is 0. The summed E-state index contributed by atoms with van der Waals surface area (Å²) in [6.07, 6.45) is 1.96. The molecule has 0 aliphatic rings. The summed E-state index contributed by atoms with van der Waals surface area (Å²) in [4.78, 5) is 1.82. The van der Waals surface area contributed by atoms with E-state index < -0.39 is 5.51 Å². The number of thioether (sulfide) groups is 2. The predicted octanol–water partition coefficient (Wildman–Crippen LogP) is 7.56. The Hall–Kier alpha value is -1.44. The number of thiophene rings is 1. The van der Waals surface area contributed by atoms with Crippen LogP contribution in [-0.2, 0) is 0 Å². The van der Waals surface area contributed by atoms with Gasteiger partial charge in [0.15, 0.2) is 0 Å². The molecule has 25 heavy (non-hydrogen) atoms. The Kier molecular flexibility index (Phi) is 5.46. The number of rotatable bonds is 4.